The highest BCUT2D eigenvalue weighted by atomic mass is 19.1. The number of hydrogen-bond acceptors (Lipinski definition) is 3. The van der Waals surface area contributed by atoms with E-state index in [0.29, 0.717) is 18.5 Å². The van der Waals surface area contributed by atoms with Gasteiger partial charge in [-0.2, -0.15) is 0 Å². The van der Waals surface area contributed by atoms with Crippen molar-refractivity contribution in [2.24, 2.45) is 10.8 Å². The van der Waals surface area contributed by atoms with Crippen LogP contribution in [0.1, 0.15) is 33.6 Å². The number of carbonyl (C=O) groups excluding carboxylic acids is 2. The molecule has 4 nitrogen and oxygen atoms in total. The van der Waals surface area contributed by atoms with Gasteiger partial charge in [0, 0.05) is 11.1 Å². The number of amides is 1. The second-order valence-electron chi connectivity index (χ2n) is 6.63. The Kier molecular flexibility index (Phi) is 2.71. The summed E-state index contributed by atoms with van der Waals surface area (Å²) in [4.78, 5) is 24.8. The Morgan fingerprint density at radius 3 is 2.29 bits per heavy atom. The molecular weight excluding hydrogens is 273 g/mol. The zero-order valence-electron chi connectivity index (χ0n) is 12.3. The third-order valence-electron chi connectivity index (χ3n) is 5.55. The van der Waals surface area contributed by atoms with Crippen molar-refractivity contribution in [1.29, 1.82) is 0 Å². The number of nitrogens with one attached hydrogen (secondary N) is 1. The maximum atomic E-state index is 12.9. The van der Waals surface area contributed by atoms with Crippen LogP contribution in [0.3, 0.4) is 0 Å². The molecule has 2 bridgehead atoms. The van der Waals surface area contributed by atoms with Crippen molar-refractivity contribution in [3.05, 3.63) is 30.1 Å². The summed E-state index contributed by atoms with van der Waals surface area (Å²) < 4.78 is 18.4. The van der Waals surface area contributed by atoms with Crippen molar-refractivity contribution < 1.29 is 18.7 Å². The molecule has 1 saturated carbocycles. The molecule has 1 aliphatic heterocycles. The third kappa shape index (κ3) is 1.60. The van der Waals surface area contributed by atoms with Crippen molar-refractivity contribution >= 4 is 17.6 Å². The number of anilines is 1. The molecule has 21 heavy (non-hydrogen) atoms. The fourth-order valence-electron chi connectivity index (χ4n) is 3.51. The van der Waals surface area contributed by atoms with E-state index in [1.807, 2.05) is 20.8 Å². The maximum absolute atomic E-state index is 12.9. The van der Waals surface area contributed by atoms with E-state index in [-0.39, 0.29) is 17.7 Å². The average molecular weight is 291 g/mol. The number of carbonyl (C=O) groups is 2. The molecule has 0 radical (unpaired) electrons. The summed E-state index contributed by atoms with van der Waals surface area (Å²) in [7, 11) is 0. The summed E-state index contributed by atoms with van der Waals surface area (Å²) in [5, 5.41) is 2.74. The van der Waals surface area contributed by atoms with Crippen LogP contribution in [0.5, 0.6) is 0 Å². The molecule has 2 fully saturated rings. The maximum Gasteiger partial charge on any atom is 0.313 e. The molecule has 1 aromatic carbocycles. The number of ether oxygens (including phenoxy) is 1. The van der Waals surface area contributed by atoms with E-state index < -0.39 is 16.4 Å². The highest BCUT2D eigenvalue weighted by Gasteiger charge is 2.75. The number of halogens is 1. The number of hydrogen-bond donors (Lipinski definition) is 1. The Bertz CT molecular complexity index is 625. The molecule has 1 aliphatic carbocycles. The van der Waals surface area contributed by atoms with E-state index >= 15 is 0 Å². The lowest BCUT2D eigenvalue weighted by atomic mass is 9.66. The lowest BCUT2D eigenvalue weighted by Crippen LogP contribution is -2.50. The quantitative estimate of drug-likeness (QED) is 0.852. The van der Waals surface area contributed by atoms with Gasteiger partial charge in [-0.15, -0.1) is 0 Å². The minimum Gasteiger partial charge on any atom is -0.448 e. The van der Waals surface area contributed by atoms with Crippen LogP contribution < -0.4 is 5.32 Å². The molecule has 0 spiro atoms. The first-order valence-corrected chi connectivity index (χ1v) is 7.03. The van der Waals surface area contributed by atoms with Crippen LogP contribution in [-0.4, -0.2) is 17.5 Å². The molecule has 2 atom stereocenters. The van der Waals surface area contributed by atoms with Gasteiger partial charge in [0.2, 0.25) is 0 Å². The monoisotopic (exact) mass is 291 g/mol. The third-order valence-corrected chi connectivity index (χ3v) is 5.55. The van der Waals surface area contributed by atoms with E-state index in [1.54, 1.807) is 0 Å². The van der Waals surface area contributed by atoms with Gasteiger partial charge < -0.3 is 10.1 Å². The normalized spacial score (nSPS) is 32.9. The number of benzene rings is 1. The molecule has 1 saturated heterocycles. The van der Waals surface area contributed by atoms with Gasteiger partial charge in [0.25, 0.3) is 5.91 Å². The average Bonchev–Trinajstić information content (AvgIpc) is 2.72. The second kappa shape index (κ2) is 4.06. The molecule has 3 rings (SSSR count). The zero-order chi connectivity index (χ0) is 15.5. The van der Waals surface area contributed by atoms with Crippen LogP contribution in [0.25, 0.3) is 0 Å². The van der Waals surface area contributed by atoms with Crippen molar-refractivity contribution in [2.45, 2.75) is 39.2 Å². The first-order valence-electron chi connectivity index (χ1n) is 7.03. The molecule has 1 aromatic rings. The summed E-state index contributed by atoms with van der Waals surface area (Å²) in [6, 6.07) is 5.53. The Labute approximate surface area is 122 Å². The van der Waals surface area contributed by atoms with Crippen LogP contribution in [0.15, 0.2) is 24.3 Å². The molecule has 1 N–H and O–H groups in total. The topological polar surface area (TPSA) is 55.4 Å². The van der Waals surface area contributed by atoms with Crippen LogP contribution in [-0.2, 0) is 14.3 Å². The van der Waals surface area contributed by atoms with Crippen molar-refractivity contribution in [3.63, 3.8) is 0 Å². The SMILES string of the molecule is CC1(C)[C@@]2(C)CC[C@]1(C(=O)Nc1ccc(F)cc1)OC2=O. The minimum absolute atomic E-state index is 0.312. The summed E-state index contributed by atoms with van der Waals surface area (Å²) in [6.07, 6.45) is 1.14. The van der Waals surface area contributed by atoms with Crippen LogP contribution in [0.4, 0.5) is 10.1 Å². The van der Waals surface area contributed by atoms with E-state index in [4.69, 9.17) is 4.74 Å². The van der Waals surface area contributed by atoms with Gasteiger partial charge in [0.1, 0.15) is 5.82 Å². The largest absolute Gasteiger partial charge is 0.448 e. The van der Waals surface area contributed by atoms with Crippen molar-refractivity contribution in [2.75, 3.05) is 5.32 Å². The smallest absolute Gasteiger partial charge is 0.313 e. The lowest BCUT2D eigenvalue weighted by Gasteiger charge is -2.35. The predicted molar refractivity (Wildman–Crippen MR) is 75.0 cm³/mol. The molecule has 2 aliphatic rings. The second-order valence-corrected chi connectivity index (χ2v) is 6.63. The van der Waals surface area contributed by atoms with Crippen LogP contribution in [0, 0.1) is 16.6 Å². The Hall–Kier alpha value is -1.91. The fraction of sp³-hybridized carbons (Fsp3) is 0.500. The summed E-state index contributed by atoms with van der Waals surface area (Å²) in [6.45, 7) is 5.65. The Morgan fingerprint density at radius 2 is 1.81 bits per heavy atom. The molecule has 1 heterocycles. The lowest BCUT2D eigenvalue weighted by molar-refractivity contribution is -0.165. The number of rotatable bonds is 2. The molecule has 0 aromatic heterocycles. The molecule has 112 valence electrons. The highest BCUT2D eigenvalue weighted by Crippen LogP contribution is 2.65. The highest BCUT2D eigenvalue weighted by molar-refractivity contribution is 6.03. The summed E-state index contributed by atoms with van der Waals surface area (Å²) in [5.41, 5.74) is -1.87. The first-order chi connectivity index (χ1) is 9.73. The Balaban J connectivity index is 1.91. The number of esters is 1. The standard InChI is InChI=1S/C16H18FNO3/c1-14(2)15(3)8-9-16(14,21-13(15)20)12(19)18-11-6-4-10(17)5-7-11/h4-7H,8-9H2,1-3H3,(H,18,19)/t15-,16+/m0/s1. The van der Waals surface area contributed by atoms with Gasteiger partial charge in [-0.05, 0) is 44.0 Å². The van der Waals surface area contributed by atoms with Gasteiger partial charge in [-0.3, -0.25) is 9.59 Å². The van der Waals surface area contributed by atoms with Gasteiger partial charge in [0.05, 0.1) is 5.41 Å². The van der Waals surface area contributed by atoms with Crippen molar-refractivity contribution in [3.8, 4) is 0 Å². The molecular formula is C16H18FNO3. The summed E-state index contributed by atoms with van der Waals surface area (Å²) in [5.74, 6) is -1.02. The van der Waals surface area contributed by atoms with Gasteiger partial charge in [0.15, 0.2) is 5.60 Å². The fourth-order valence-corrected chi connectivity index (χ4v) is 3.51. The van der Waals surface area contributed by atoms with Crippen LogP contribution >= 0.6 is 0 Å². The number of fused-ring (bicyclic) bond motifs is 2. The first kappa shape index (κ1) is 14.0. The summed E-state index contributed by atoms with van der Waals surface area (Å²) >= 11 is 0. The van der Waals surface area contributed by atoms with Gasteiger partial charge >= 0.3 is 5.97 Å². The molecule has 1 amide bonds. The van der Waals surface area contributed by atoms with E-state index in [9.17, 15) is 14.0 Å². The van der Waals surface area contributed by atoms with Crippen molar-refractivity contribution in [1.82, 2.24) is 0 Å². The van der Waals surface area contributed by atoms with E-state index in [0.717, 1.165) is 0 Å². The predicted octanol–water partition coefficient (Wildman–Crippen LogP) is 2.89. The Morgan fingerprint density at radius 1 is 1.19 bits per heavy atom. The minimum atomic E-state index is -1.15. The van der Waals surface area contributed by atoms with Crippen LogP contribution in [0.2, 0.25) is 0 Å². The van der Waals surface area contributed by atoms with Gasteiger partial charge in [-0.25, -0.2) is 4.39 Å². The van der Waals surface area contributed by atoms with E-state index in [1.165, 1.54) is 24.3 Å². The molecule has 0 unspecified atom stereocenters. The molecule has 5 heteroatoms. The van der Waals surface area contributed by atoms with Gasteiger partial charge in [-0.1, -0.05) is 13.8 Å². The zero-order valence-corrected chi connectivity index (χ0v) is 12.3. The van der Waals surface area contributed by atoms with E-state index in [2.05, 4.69) is 5.32 Å².